The van der Waals surface area contributed by atoms with Crippen LogP contribution in [-0.2, 0) is 4.79 Å². The Kier molecular flexibility index (Phi) is 6.41. The molecule has 1 aliphatic heterocycles. The number of rotatable bonds is 5. The van der Waals surface area contributed by atoms with Crippen molar-refractivity contribution < 1.29 is 9.53 Å². The van der Waals surface area contributed by atoms with E-state index in [2.05, 4.69) is 32.6 Å². The number of aryl methyl sites for hydroxylation is 2. The number of ether oxygens (including phenoxy) is 1. The maximum Gasteiger partial charge on any atom is 0.255 e. The van der Waals surface area contributed by atoms with Crippen molar-refractivity contribution in [1.29, 1.82) is 0 Å². The van der Waals surface area contributed by atoms with Crippen molar-refractivity contribution in [2.45, 2.75) is 26.8 Å². The van der Waals surface area contributed by atoms with Gasteiger partial charge in [-0.2, -0.15) is 5.10 Å². The Morgan fingerprint density at radius 2 is 1.72 bits per heavy atom. The number of halogens is 1. The number of anilines is 2. The molecule has 2 N–H and O–H groups in total. The highest BCUT2D eigenvalue weighted by molar-refractivity contribution is 9.10. The van der Waals surface area contributed by atoms with Crippen LogP contribution >= 0.6 is 15.9 Å². The van der Waals surface area contributed by atoms with E-state index in [4.69, 9.17) is 9.84 Å². The van der Waals surface area contributed by atoms with E-state index in [0.717, 1.165) is 55.4 Å². The first-order valence-corrected chi connectivity index (χ1v) is 12.5. The molecule has 0 fully saturated rings. The van der Waals surface area contributed by atoms with Crippen LogP contribution in [0, 0.1) is 13.8 Å². The molecule has 0 saturated carbocycles. The molecule has 182 valence electrons. The summed E-state index contributed by atoms with van der Waals surface area (Å²) in [5.41, 5.74) is 7.13. The Morgan fingerprint density at radius 3 is 2.39 bits per heavy atom. The fourth-order valence-electron chi connectivity index (χ4n) is 4.57. The maximum absolute atomic E-state index is 13.7. The molecule has 1 aliphatic rings. The molecule has 7 heteroatoms. The van der Waals surface area contributed by atoms with Gasteiger partial charge >= 0.3 is 0 Å². The predicted octanol–water partition coefficient (Wildman–Crippen LogP) is 6.87. The number of hydrogen-bond acceptors (Lipinski definition) is 4. The van der Waals surface area contributed by atoms with Crippen LogP contribution in [0.2, 0.25) is 0 Å². The predicted molar refractivity (Wildman–Crippen MR) is 147 cm³/mol. The number of carbonyl (C=O) groups is 1. The largest absolute Gasteiger partial charge is 0.497 e. The van der Waals surface area contributed by atoms with Gasteiger partial charge in [0.05, 0.1) is 18.4 Å². The van der Waals surface area contributed by atoms with Crippen LogP contribution < -0.4 is 15.4 Å². The van der Waals surface area contributed by atoms with Crippen molar-refractivity contribution in [3.63, 3.8) is 0 Å². The molecular weight excluding hydrogens is 516 g/mol. The molecule has 2 heterocycles. The Balaban J connectivity index is 1.58. The third-order valence-electron chi connectivity index (χ3n) is 6.42. The first-order chi connectivity index (χ1) is 17.3. The van der Waals surface area contributed by atoms with E-state index in [1.54, 1.807) is 7.11 Å². The van der Waals surface area contributed by atoms with Gasteiger partial charge in [-0.3, -0.25) is 4.79 Å². The number of methoxy groups -OCH3 is 1. The van der Waals surface area contributed by atoms with Crippen molar-refractivity contribution in [1.82, 2.24) is 9.78 Å². The Morgan fingerprint density at radius 1 is 1.00 bits per heavy atom. The molecule has 0 radical (unpaired) electrons. The standard InChI is InChI=1S/C29H27BrN4O2/c1-17-5-14-24(18(2)15-17)32-29(35)27-19(3)31-26-16-25(20-8-12-23(36-4)13-9-20)33-34(26)28(27)21-6-10-22(30)11-7-21/h5-16,28,31H,1-4H3,(H,32,35)/t28-/m0/s1. The van der Waals surface area contributed by atoms with E-state index in [-0.39, 0.29) is 5.91 Å². The molecule has 0 spiro atoms. The van der Waals surface area contributed by atoms with Crippen LogP contribution in [0.25, 0.3) is 11.3 Å². The molecule has 36 heavy (non-hydrogen) atoms. The van der Waals surface area contributed by atoms with Crippen molar-refractivity contribution in [3.8, 4) is 17.0 Å². The van der Waals surface area contributed by atoms with Gasteiger partial charge in [-0.05, 0) is 74.4 Å². The lowest BCUT2D eigenvalue weighted by molar-refractivity contribution is -0.113. The summed E-state index contributed by atoms with van der Waals surface area (Å²) in [5.74, 6) is 1.46. The van der Waals surface area contributed by atoms with Crippen molar-refractivity contribution in [3.05, 3.63) is 105 Å². The Hall–Kier alpha value is -3.84. The summed E-state index contributed by atoms with van der Waals surface area (Å²) < 4.78 is 8.17. The first-order valence-electron chi connectivity index (χ1n) is 11.7. The fraction of sp³-hybridized carbons (Fsp3) is 0.172. The second-order valence-corrected chi connectivity index (χ2v) is 9.89. The van der Waals surface area contributed by atoms with Gasteiger partial charge in [-0.1, -0.05) is 45.8 Å². The quantitative estimate of drug-likeness (QED) is 0.289. The molecular formula is C29H27BrN4O2. The van der Waals surface area contributed by atoms with E-state index in [0.29, 0.717) is 5.57 Å². The highest BCUT2D eigenvalue weighted by Crippen LogP contribution is 2.39. The lowest BCUT2D eigenvalue weighted by atomic mass is 9.94. The zero-order valence-corrected chi connectivity index (χ0v) is 22.2. The zero-order valence-electron chi connectivity index (χ0n) is 20.6. The molecule has 6 nitrogen and oxygen atoms in total. The second kappa shape index (κ2) is 9.66. The summed E-state index contributed by atoms with van der Waals surface area (Å²) in [4.78, 5) is 13.7. The number of aromatic nitrogens is 2. The SMILES string of the molecule is COc1ccc(-c2cc3n(n2)[C@@H](c2ccc(Br)cc2)C(C(=O)Nc2ccc(C)cc2C)=C(C)N3)cc1. The van der Waals surface area contributed by atoms with Crippen LogP contribution in [0.5, 0.6) is 5.75 Å². The zero-order chi connectivity index (χ0) is 25.4. The normalized spacial score (nSPS) is 14.8. The number of fused-ring (bicyclic) bond motifs is 1. The highest BCUT2D eigenvalue weighted by atomic mass is 79.9. The molecule has 1 amide bonds. The topological polar surface area (TPSA) is 68.2 Å². The Labute approximate surface area is 219 Å². The van der Waals surface area contributed by atoms with Gasteiger partial charge in [0.15, 0.2) is 0 Å². The third kappa shape index (κ3) is 4.54. The van der Waals surface area contributed by atoms with Crippen LogP contribution in [0.3, 0.4) is 0 Å². The van der Waals surface area contributed by atoms with Gasteiger partial charge in [0, 0.05) is 27.5 Å². The molecule has 0 bridgehead atoms. The van der Waals surface area contributed by atoms with Crippen molar-refractivity contribution >= 4 is 33.3 Å². The average molecular weight is 543 g/mol. The minimum atomic E-state index is -0.396. The van der Waals surface area contributed by atoms with Gasteiger partial charge in [0.2, 0.25) is 0 Å². The molecule has 0 saturated heterocycles. The summed E-state index contributed by atoms with van der Waals surface area (Å²) in [6, 6.07) is 23.4. The van der Waals surface area contributed by atoms with Gasteiger partial charge in [0.25, 0.3) is 5.91 Å². The second-order valence-electron chi connectivity index (χ2n) is 8.98. The Bertz CT molecular complexity index is 1470. The van der Waals surface area contributed by atoms with Gasteiger partial charge in [-0.15, -0.1) is 0 Å². The molecule has 0 aliphatic carbocycles. The lowest BCUT2D eigenvalue weighted by Gasteiger charge is -2.30. The average Bonchev–Trinajstić information content (AvgIpc) is 3.29. The summed E-state index contributed by atoms with van der Waals surface area (Å²) in [6.45, 7) is 5.98. The minimum absolute atomic E-state index is 0.160. The summed E-state index contributed by atoms with van der Waals surface area (Å²) in [7, 11) is 1.65. The summed E-state index contributed by atoms with van der Waals surface area (Å²) >= 11 is 3.53. The van der Waals surface area contributed by atoms with E-state index < -0.39 is 6.04 Å². The van der Waals surface area contributed by atoms with Crippen molar-refractivity contribution in [2.24, 2.45) is 0 Å². The van der Waals surface area contributed by atoms with Crippen LogP contribution in [0.15, 0.2) is 88.5 Å². The lowest BCUT2D eigenvalue weighted by Crippen LogP contribution is -2.31. The molecule has 1 atom stereocenters. The maximum atomic E-state index is 13.7. The van der Waals surface area contributed by atoms with Gasteiger partial charge in [-0.25, -0.2) is 4.68 Å². The van der Waals surface area contributed by atoms with Crippen LogP contribution in [-0.4, -0.2) is 22.8 Å². The van der Waals surface area contributed by atoms with Gasteiger partial charge in [0.1, 0.15) is 17.6 Å². The smallest absolute Gasteiger partial charge is 0.255 e. The van der Waals surface area contributed by atoms with Crippen molar-refractivity contribution in [2.75, 3.05) is 17.7 Å². The number of allylic oxidation sites excluding steroid dienone is 1. The minimum Gasteiger partial charge on any atom is -0.497 e. The number of hydrogen-bond donors (Lipinski definition) is 2. The fourth-order valence-corrected chi connectivity index (χ4v) is 4.83. The van der Waals surface area contributed by atoms with E-state index in [1.807, 2.05) is 92.2 Å². The number of benzene rings is 3. The molecule has 3 aromatic carbocycles. The van der Waals surface area contributed by atoms with Crippen LogP contribution in [0.4, 0.5) is 11.5 Å². The monoisotopic (exact) mass is 542 g/mol. The molecule has 1 aromatic heterocycles. The number of amides is 1. The number of carbonyl (C=O) groups excluding carboxylic acids is 1. The number of nitrogens with one attached hydrogen (secondary N) is 2. The third-order valence-corrected chi connectivity index (χ3v) is 6.95. The highest BCUT2D eigenvalue weighted by Gasteiger charge is 2.33. The van der Waals surface area contributed by atoms with E-state index in [1.165, 1.54) is 0 Å². The van der Waals surface area contributed by atoms with Crippen LogP contribution in [0.1, 0.15) is 29.7 Å². The van der Waals surface area contributed by atoms with E-state index in [9.17, 15) is 4.79 Å². The van der Waals surface area contributed by atoms with Gasteiger partial charge < -0.3 is 15.4 Å². The summed E-state index contributed by atoms with van der Waals surface area (Å²) in [5, 5.41) is 11.5. The summed E-state index contributed by atoms with van der Waals surface area (Å²) in [6.07, 6.45) is 0. The molecule has 5 rings (SSSR count). The van der Waals surface area contributed by atoms with E-state index >= 15 is 0 Å². The molecule has 4 aromatic rings. The first kappa shape index (κ1) is 23.9. The molecule has 0 unspecified atom stereocenters. The number of nitrogens with zero attached hydrogens (tertiary/aromatic N) is 2.